The van der Waals surface area contributed by atoms with Crippen molar-refractivity contribution in [1.29, 1.82) is 0 Å². The highest BCUT2D eigenvalue weighted by Crippen LogP contribution is 2.22. The molecule has 0 aliphatic heterocycles. The van der Waals surface area contributed by atoms with Gasteiger partial charge in [-0.05, 0) is 30.2 Å². The molecule has 0 aliphatic rings. The normalized spacial score (nSPS) is 10.5. The van der Waals surface area contributed by atoms with Gasteiger partial charge in [-0.2, -0.15) is 0 Å². The number of aromatic nitrogens is 3. The van der Waals surface area contributed by atoms with Gasteiger partial charge in [-0.3, -0.25) is 4.98 Å². The molecular weight excluding hydrogens is 208 g/mol. The van der Waals surface area contributed by atoms with Crippen molar-refractivity contribution in [2.24, 2.45) is 0 Å². The van der Waals surface area contributed by atoms with Crippen molar-refractivity contribution in [2.75, 3.05) is 6.54 Å². The number of rotatable bonds is 4. The summed E-state index contributed by atoms with van der Waals surface area (Å²) in [5, 5.41) is 7.42. The van der Waals surface area contributed by atoms with Crippen LogP contribution < -0.4 is 5.32 Å². The van der Waals surface area contributed by atoms with Crippen LogP contribution in [0.15, 0.2) is 24.5 Å². The highest BCUT2D eigenvalue weighted by atomic mass is 32.1. The predicted octanol–water partition coefficient (Wildman–Crippen LogP) is 1.71. The maximum Gasteiger partial charge on any atom is 0.110 e. The Labute approximate surface area is 92.5 Å². The lowest BCUT2D eigenvalue weighted by Gasteiger charge is -2.00. The van der Waals surface area contributed by atoms with Crippen molar-refractivity contribution in [3.63, 3.8) is 0 Å². The van der Waals surface area contributed by atoms with Gasteiger partial charge in [0, 0.05) is 24.5 Å². The van der Waals surface area contributed by atoms with E-state index in [0.29, 0.717) is 0 Å². The van der Waals surface area contributed by atoms with Crippen LogP contribution in [0.1, 0.15) is 11.8 Å². The van der Waals surface area contributed by atoms with Crippen LogP contribution in [0, 0.1) is 0 Å². The Bertz CT molecular complexity index is 412. The quantitative estimate of drug-likeness (QED) is 0.852. The molecule has 5 heteroatoms. The Morgan fingerprint density at radius 3 is 2.87 bits per heavy atom. The molecule has 78 valence electrons. The summed E-state index contributed by atoms with van der Waals surface area (Å²) in [6, 6.07) is 3.90. The molecular formula is C10H12N4S. The number of nitrogens with one attached hydrogen (secondary N) is 1. The zero-order chi connectivity index (χ0) is 10.5. The summed E-state index contributed by atoms with van der Waals surface area (Å²) in [5.74, 6) is 0. The van der Waals surface area contributed by atoms with Gasteiger partial charge in [0.1, 0.15) is 5.69 Å². The van der Waals surface area contributed by atoms with E-state index in [2.05, 4.69) is 26.8 Å². The van der Waals surface area contributed by atoms with Crippen LogP contribution in [0.3, 0.4) is 0 Å². The van der Waals surface area contributed by atoms with E-state index < -0.39 is 0 Å². The van der Waals surface area contributed by atoms with Gasteiger partial charge < -0.3 is 5.32 Å². The molecule has 2 aromatic heterocycles. The fraction of sp³-hybridized carbons (Fsp3) is 0.300. The first-order chi connectivity index (χ1) is 7.42. The van der Waals surface area contributed by atoms with Crippen molar-refractivity contribution in [1.82, 2.24) is 19.9 Å². The summed E-state index contributed by atoms with van der Waals surface area (Å²) in [6.07, 6.45) is 3.54. The van der Waals surface area contributed by atoms with E-state index in [-0.39, 0.29) is 0 Å². The van der Waals surface area contributed by atoms with Crippen molar-refractivity contribution in [3.8, 4) is 11.3 Å². The zero-order valence-corrected chi connectivity index (χ0v) is 9.29. The Balaban J connectivity index is 2.25. The van der Waals surface area contributed by atoms with Crippen molar-refractivity contribution >= 4 is 11.5 Å². The van der Waals surface area contributed by atoms with Gasteiger partial charge in [0.25, 0.3) is 0 Å². The van der Waals surface area contributed by atoms with E-state index in [9.17, 15) is 0 Å². The van der Waals surface area contributed by atoms with Crippen LogP contribution in [-0.4, -0.2) is 21.1 Å². The topological polar surface area (TPSA) is 50.7 Å². The Hall–Kier alpha value is -1.33. The minimum atomic E-state index is 0.825. The third kappa shape index (κ3) is 2.37. The highest BCUT2D eigenvalue weighted by molar-refractivity contribution is 7.05. The minimum absolute atomic E-state index is 0.825. The lowest BCUT2D eigenvalue weighted by atomic mass is 10.2. The molecule has 0 saturated heterocycles. The second-order valence-electron chi connectivity index (χ2n) is 3.06. The molecule has 15 heavy (non-hydrogen) atoms. The molecule has 0 aliphatic carbocycles. The van der Waals surface area contributed by atoms with Gasteiger partial charge in [0.2, 0.25) is 0 Å². The van der Waals surface area contributed by atoms with Crippen LogP contribution in [0.5, 0.6) is 0 Å². The maximum atomic E-state index is 4.14. The predicted molar refractivity (Wildman–Crippen MR) is 60.5 cm³/mol. The van der Waals surface area contributed by atoms with Gasteiger partial charge in [0.15, 0.2) is 0 Å². The van der Waals surface area contributed by atoms with Gasteiger partial charge in [0.05, 0.1) is 4.88 Å². The molecule has 0 saturated carbocycles. The van der Waals surface area contributed by atoms with E-state index in [1.807, 2.05) is 12.1 Å². The fourth-order valence-electron chi connectivity index (χ4n) is 1.29. The summed E-state index contributed by atoms with van der Waals surface area (Å²) < 4.78 is 3.98. The van der Waals surface area contributed by atoms with Crippen LogP contribution in [0.4, 0.5) is 0 Å². The molecule has 0 fully saturated rings. The first-order valence-corrected chi connectivity index (χ1v) is 5.61. The second-order valence-corrected chi connectivity index (χ2v) is 3.90. The molecule has 0 spiro atoms. The van der Waals surface area contributed by atoms with Crippen LogP contribution in [0.25, 0.3) is 11.3 Å². The molecule has 0 atom stereocenters. The molecule has 2 rings (SSSR count). The number of hydrogen-bond donors (Lipinski definition) is 1. The summed E-state index contributed by atoms with van der Waals surface area (Å²) >= 11 is 1.44. The average molecular weight is 220 g/mol. The first-order valence-electron chi connectivity index (χ1n) is 4.84. The van der Waals surface area contributed by atoms with E-state index in [1.165, 1.54) is 16.4 Å². The van der Waals surface area contributed by atoms with Crippen molar-refractivity contribution in [2.45, 2.75) is 13.5 Å². The van der Waals surface area contributed by atoms with Crippen molar-refractivity contribution < 1.29 is 0 Å². The van der Waals surface area contributed by atoms with Crippen LogP contribution >= 0.6 is 11.5 Å². The number of pyridine rings is 1. The maximum absolute atomic E-state index is 4.14. The van der Waals surface area contributed by atoms with Gasteiger partial charge in [-0.15, -0.1) is 5.10 Å². The molecule has 1 N–H and O–H groups in total. The SMILES string of the molecule is CCNCc1snnc1-c1ccncc1. The fourth-order valence-corrected chi connectivity index (χ4v) is 1.93. The van der Waals surface area contributed by atoms with Gasteiger partial charge in [-0.1, -0.05) is 11.4 Å². The summed E-state index contributed by atoms with van der Waals surface area (Å²) in [7, 11) is 0. The molecule has 2 heterocycles. The molecule has 0 bridgehead atoms. The summed E-state index contributed by atoms with van der Waals surface area (Å²) in [4.78, 5) is 5.16. The smallest absolute Gasteiger partial charge is 0.110 e. The lowest BCUT2D eigenvalue weighted by molar-refractivity contribution is 0.735. The minimum Gasteiger partial charge on any atom is -0.312 e. The third-order valence-corrected chi connectivity index (χ3v) is 2.77. The number of hydrogen-bond acceptors (Lipinski definition) is 5. The highest BCUT2D eigenvalue weighted by Gasteiger charge is 2.08. The number of nitrogens with zero attached hydrogens (tertiary/aromatic N) is 3. The molecule has 0 aromatic carbocycles. The standard InChI is InChI=1S/C10H12N4S/c1-2-11-7-9-10(13-14-15-9)8-3-5-12-6-4-8/h3-6,11H,2,7H2,1H3. The molecule has 2 aromatic rings. The van der Waals surface area contributed by atoms with E-state index in [4.69, 9.17) is 0 Å². The van der Waals surface area contributed by atoms with E-state index >= 15 is 0 Å². The summed E-state index contributed by atoms with van der Waals surface area (Å²) in [5.41, 5.74) is 2.04. The van der Waals surface area contributed by atoms with Crippen molar-refractivity contribution in [3.05, 3.63) is 29.4 Å². The van der Waals surface area contributed by atoms with E-state index in [0.717, 1.165) is 24.3 Å². The molecule has 0 radical (unpaired) electrons. The second kappa shape index (κ2) is 4.95. The lowest BCUT2D eigenvalue weighted by Crippen LogP contribution is -2.11. The summed E-state index contributed by atoms with van der Waals surface area (Å²) in [6.45, 7) is 3.86. The third-order valence-electron chi connectivity index (χ3n) is 2.05. The molecule has 0 amide bonds. The van der Waals surface area contributed by atoms with Gasteiger partial charge >= 0.3 is 0 Å². The monoisotopic (exact) mass is 220 g/mol. The average Bonchev–Trinajstić information content (AvgIpc) is 2.75. The van der Waals surface area contributed by atoms with Crippen LogP contribution in [-0.2, 0) is 6.54 Å². The Kier molecular flexibility index (Phi) is 3.37. The molecule has 4 nitrogen and oxygen atoms in total. The largest absolute Gasteiger partial charge is 0.312 e. The van der Waals surface area contributed by atoms with E-state index in [1.54, 1.807) is 12.4 Å². The van der Waals surface area contributed by atoms with Crippen LogP contribution in [0.2, 0.25) is 0 Å². The Morgan fingerprint density at radius 1 is 1.33 bits per heavy atom. The van der Waals surface area contributed by atoms with Gasteiger partial charge in [-0.25, -0.2) is 0 Å². The Morgan fingerprint density at radius 2 is 2.13 bits per heavy atom. The zero-order valence-electron chi connectivity index (χ0n) is 8.47. The first kappa shape index (κ1) is 10.2. The molecule has 0 unspecified atom stereocenters.